The first-order chi connectivity index (χ1) is 8.65. The molecule has 0 radical (unpaired) electrons. The van der Waals surface area contributed by atoms with Gasteiger partial charge in [0.25, 0.3) is 0 Å². The van der Waals surface area contributed by atoms with Gasteiger partial charge in [-0.2, -0.15) is 0 Å². The molecule has 1 N–H and O–H groups in total. The zero-order valence-corrected chi connectivity index (χ0v) is 11.3. The lowest BCUT2D eigenvalue weighted by Crippen LogP contribution is -2.05. The number of nitrogens with zero attached hydrogens (tertiary/aromatic N) is 4. The molecule has 5 heteroatoms. The van der Waals surface area contributed by atoms with Crippen LogP contribution in [0.15, 0.2) is 18.6 Å². The van der Waals surface area contributed by atoms with Gasteiger partial charge in [0.1, 0.15) is 11.5 Å². The van der Waals surface area contributed by atoms with Crippen LogP contribution in [0.2, 0.25) is 0 Å². The van der Waals surface area contributed by atoms with Crippen LogP contribution in [-0.4, -0.2) is 26.6 Å². The van der Waals surface area contributed by atoms with Crippen LogP contribution >= 0.6 is 0 Å². The number of hydrogen-bond donors (Lipinski definition) is 1. The second-order valence-electron chi connectivity index (χ2n) is 4.47. The van der Waals surface area contributed by atoms with Gasteiger partial charge in [0.05, 0.1) is 12.5 Å². The molecule has 96 valence electrons. The summed E-state index contributed by atoms with van der Waals surface area (Å²) < 4.78 is 2.04. The Balaban J connectivity index is 2.53. The van der Waals surface area contributed by atoms with Crippen LogP contribution in [0.1, 0.15) is 32.4 Å². The monoisotopic (exact) mass is 245 g/mol. The van der Waals surface area contributed by atoms with Gasteiger partial charge in [-0.3, -0.25) is 0 Å². The summed E-state index contributed by atoms with van der Waals surface area (Å²) in [6, 6.07) is 1.99. The van der Waals surface area contributed by atoms with Crippen molar-refractivity contribution in [3.05, 3.63) is 24.3 Å². The summed E-state index contributed by atoms with van der Waals surface area (Å²) in [5, 5.41) is 3.08. The average molecular weight is 245 g/mol. The maximum absolute atomic E-state index is 4.62. The first-order valence-corrected chi connectivity index (χ1v) is 6.23. The fourth-order valence-corrected chi connectivity index (χ4v) is 1.76. The zero-order valence-electron chi connectivity index (χ0n) is 11.3. The van der Waals surface area contributed by atoms with Crippen LogP contribution in [-0.2, 0) is 6.54 Å². The van der Waals surface area contributed by atoms with Crippen LogP contribution in [0.25, 0.3) is 11.5 Å². The molecule has 0 aliphatic rings. The van der Waals surface area contributed by atoms with Crippen LogP contribution in [0.5, 0.6) is 0 Å². The van der Waals surface area contributed by atoms with Crippen molar-refractivity contribution >= 4 is 5.82 Å². The molecule has 5 nitrogen and oxygen atoms in total. The molecule has 0 spiro atoms. The highest BCUT2D eigenvalue weighted by Crippen LogP contribution is 2.21. The normalized spacial score (nSPS) is 10.9. The lowest BCUT2D eigenvalue weighted by Gasteiger charge is -2.10. The molecule has 0 aliphatic heterocycles. The van der Waals surface area contributed by atoms with Gasteiger partial charge >= 0.3 is 0 Å². The standard InChI is InChI=1S/C13H19N5/c1-5-18-8-15-7-11(18)13-16-10(9(2)3)6-12(14-4)17-13/h6-9H,5H2,1-4H3,(H,14,16,17). The number of anilines is 1. The highest BCUT2D eigenvalue weighted by Gasteiger charge is 2.11. The Kier molecular flexibility index (Phi) is 3.60. The average Bonchev–Trinajstić information content (AvgIpc) is 2.86. The molecule has 2 aromatic heterocycles. The smallest absolute Gasteiger partial charge is 0.180 e. The van der Waals surface area contributed by atoms with Gasteiger partial charge in [0.2, 0.25) is 0 Å². The molecule has 0 aromatic carbocycles. The summed E-state index contributed by atoms with van der Waals surface area (Å²) in [4.78, 5) is 13.3. The van der Waals surface area contributed by atoms with Gasteiger partial charge in [-0.15, -0.1) is 0 Å². The Morgan fingerprint density at radius 2 is 2.11 bits per heavy atom. The Hall–Kier alpha value is -1.91. The Morgan fingerprint density at radius 1 is 1.33 bits per heavy atom. The number of imidazole rings is 1. The van der Waals surface area contributed by atoms with E-state index in [1.54, 1.807) is 6.33 Å². The van der Waals surface area contributed by atoms with E-state index in [4.69, 9.17) is 0 Å². The van der Waals surface area contributed by atoms with Gasteiger partial charge in [-0.25, -0.2) is 15.0 Å². The maximum atomic E-state index is 4.62. The maximum Gasteiger partial charge on any atom is 0.180 e. The van der Waals surface area contributed by atoms with Crippen molar-refractivity contribution in [3.63, 3.8) is 0 Å². The molecule has 2 rings (SSSR count). The fourth-order valence-electron chi connectivity index (χ4n) is 1.76. The topological polar surface area (TPSA) is 55.6 Å². The Labute approximate surface area is 107 Å². The van der Waals surface area contributed by atoms with Crippen molar-refractivity contribution in [2.45, 2.75) is 33.2 Å². The molecule has 18 heavy (non-hydrogen) atoms. The second-order valence-corrected chi connectivity index (χ2v) is 4.47. The van der Waals surface area contributed by atoms with Crippen LogP contribution < -0.4 is 5.32 Å². The molecule has 0 unspecified atom stereocenters. The predicted octanol–water partition coefficient (Wildman–Crippen LogP) is 2.53. The minimum absolute atomic E-state index is 0.372. The lowest BCUT2D eigenvalue weighted by atomic mass is 10.1. The van der Waals surface area contributed by atoms with E-state index in [1.807, 2.05) is 23.9 Å². The van der Waals surface area contributed by atoms with Crippen LogP contribution in [0, 0.1) is 0 Å². The van der Waals surface area contributed by atoms with Crippen LogP contribution in [0.4, 0.5) is 5.82 Å². The van der Waals surface area contributed by atoms with Crippen molar-refractivity contribution in [2.75, 3.05) is 12.4 Å². The molecular formula is C13H19N5. The molecule has 0 bridgehead atoms. The molecule has 0 fully saturated rings. The number of aryl methyl sites for hydroxylation is 1. The third-order valence-electron chi connectivity index (χ3n) is 2.88. The minimum Gasteiger partial charge on any atom is -0.373 e. The van der Waals surface area contributed by atoms with Crippen LogP contribution in [0.3, 0.4) is 0 Å². The van der Waals surface area contributed by atoms with Crippen molar-refractivity contribution < 1.29 is 0 Å². The van der Waals surface area contributed by atoms with E-state index >= 15 is 0 Å². The summed E-state index contributed by atoms with van der Waals surface area (Å²) in [5.74, 6) is 1.94. The summed E-state index contributed by atoms with van der Waals surface area (Å²) in [6.45, 7) is 7.20. The van der Waals surface area contributed by atoms with Gasteiger partial charge < -0.3 is 9.88 Å². The van der Waals surface area contributed by atoms with E-state index in [9.17, 15) is 0 Å². The first-order valence-electron chi connectivity index (χ1n) is 6.23. The summed E-state index contributed by atoms with van der Waals surface area (Å²) in [6.07, 6.45) is 3.61. The largest absolute Gasteiger partial charge is 0.373 e. The van der Waals surface area contributed by atoms with Crippen molar-refractivity contribution in [1.29, 1.82) is 0 Å². The quantitative estimate of drug-likeness (QED) is 0.899. The summed E-state index contributed by atoms with van der Waals surface area (Å²) in [7, 11) is 1.87. The first kappa shape index (κ1) is 12.5. The third-order valence-corrected chi connectivity index (χ3v) is 2.88. The third kappa shape index (κ3) is 2.34. The summed E-state index contributed by atoms with van der Waals surface area (Å²) >= 11 is 0. The van der Waals surface area contributed by atoms with Gasteiger partial charge in [-0.1, -0.05) is 13.8 Å². The molecule has 0 aliphatic carbocycles. The van der Waals surface area contributed by atoms with Gasteiger partial charge in [-0.05, 0) is 12.8 Å². The SMILES string of the molecule is CCn1cncc1-c1nc(NC)cc(C(C)C)n1. The van der Waals surface area contributed by atoms with E-state index < -0.39 is 0 Å². The van der Waals surface area contributed by atoms with Crippen molar-refractivity contribution in [2.24, 2.45) is 0 Å². The Bertz CT molecular complexity index is 530. The van der Waals surface area contributed by atoms with E-state index in [2.05, 4.69) is 41.0 Å². The highest BCUT2D eigenvalue weighted by molar-refractivity contribution is 5.53. The number of hydrogen-bond acceptors (Lipinski definition) is 4. The highest BCUT2D eigenvalue weighted by atomic mass is 15.1. The lowest BCUT2D eigenvalue weighted by molar-refractivity contribution is 0.758. The van der Waals surface area contributed by atoms with Crippen molar-refractivity contribution in [1.82, 2.24) is 19.5 Å². The van der Waals surface area contributed by atoms with Gasteiger partial charge in [0, 0.05) is 25.4 Å². The Morgan fingerprint density at radius 3 is 2.72 bits per heavy atom. The number of rotatable bonds is 4. The minimum atomic E-state index is 0.372. The molecule has 0 saturated carbocycles. The molecule has 0 saturated heterocycles. The van der Waals surface area contributed by atoms with E-state index in [0.29, 0.717) is 5.92 Å². The molecule has 2 aromatic rings. The van der Waals surface area contributed by atoms with E-state index in [1.165, 1.54) is 0 Å². The predicted molar refractivity (Wildman–Crippen MR) is 72.6 cm³/mol. The molecular weight excluding hydrogens is 226 g/mol. The zero-order chi connectivity index (χ0) is 13.1. The number of aromatic nitrogens is 4. The summed E-state index contributed by atoms with van der Waals surface area (Å²) in [5.41, 5.74) is 1.99. The molecule has 0 atom stereocenters. The van der Waals surface area contributed by atoms with Gasteiger partial charge in [0.15, 0.2) is 5.82 Å². The fraction of sp³-hybridized carbons (Fsp3) is 0.462. The number of nitrogens with one attached hydrogen (secondary N) is 1. The van der Waals surface area contributed by atoms with E-state index in [0.717, 1.165) is 29.6 Å². The molecule has 2 heterocycles. The van der Waals surface area contributed by atoms with Crippen molar-refractivity contribution in [3.8, 4) is 11.5 Å². The van der Waals surface area contributed by atoms with E-state index in [-0.39, 0.29) is 0 Å². The second kappa shape index (κ2) is 5.16. The molecule has 0 amide bonds.